The van der Waals surface area contributed by atoms with E-state index in [4.69, 9.17) is 24.7 Å². The molecule has 20 nitrogen and oxygen atoms in total. The fourth-order valence-corrected chi connectivity index (χ4v) is 17.0. The van der Waals surface area contributed by atoms with Crippen molar-refractivity contribution >= 4 is 77.4 Å². The van der Waals surface area contributed by atoms with Crippen molar-refractivity contribution in [3.63, 3.8) is 0 Å². The molecule has 20 heteroatoms. The number of benzene rings is 10. The normalized spacial score (nSPS) is 11.3. The van der Waals surface area contributed by atoms with Crippen LogP contribution in [0.25, 0.3) is 184 Å². The minimum absolute atomic E-state index is 0.168. The topological polar surface area (TPSA) is 214 Å². The molecule has 138 heavy (non-hydrogen) atoms. The van der Waals surface area contributed by atoms with E-state index in [-0.39, 0.29) is 24.4 Å². The Labute approximate surface area is 798 Å². The van der Waals surface area contributed by atoms with Gasteiger partial charge in [0.2, 0.25) is 0 Å². The van der Waals surface area contributed by atoms with Crippen LogP contribution in [0.1, 0.15) is 55.4 Å². The van der Waals surface area contributed by atoms with Gasteiger partial charge in [0.25, 0.3) is 0 Å². The lowest BCUT2D eigenvalue weighted by Crippen LogP contribution is -2.05. The molecular weight excluding hydrogens is 1710 g/mol. The quantitative estimate of drug-likeness (QED) is 0.0791. The third-order valence-electron chi connectivity index (χ3n) is 23.6. The Morgan fingerprint density at radius 1 is 0.203 bits per heavy atom. The summed E-state index contributed by atoms with van der Waals surface area (Å²) in [5.74, 6) is 3.54. The third kappa shape index (κ3) is 19.8. The van der Waals surface area contributed by atoms with Crippen molar-refractivity contribution in [2.45, 2.75) is 79.8 Å². The third-order valence-corrected chi connectivity index (χ3v) is 23.6. The number of anilines is 1. The summed E-state index contributed by atoms with van der Waals surface area (Å²) in [4.78, 5) is 44.8. The van der Waals surface area contributed by atoms with E-state index >= 15 is 0 Å². The summed E-state index contributed by atoms with van der Waals surface area (Å²) in [5.41, 5.74) is 36.1. The first-order chi connectivity index (χ1) is 67.5. The average molecular weight is 1800 g/mol. The van der Waals surface area contributed by atoms with Crippen LogP contribution in [-0.2, 0) is 0 Å². The molecule has 24 aromatic rings. The van der Waals surface area contributed by atoms with Crippen molar-refractivity contribution < 1.29 is 18.9 Å². The summed E-state index contributed by atoms with van der Waals surface area (Å²) < 4.78 is 33.5. The SMILES string of the molecule is CC(C)Oc1ccc(-c2ccn3c(-c4ccc5ccncc5c4)cnc3c2)cc1.CC(C)Oc1ccc(-c2ccn3c(-c4ccc5cnccc5c4)cnc3c2)cc1.CC(C)Oc1ccc(-c2ccn3c(-c4ccc5nccnc5c4)cnc3c2)cc1.CC(C)Oc1ccc(-c2ccn3c(-c4cnc5ccccc5c4)cnc3c2)cc1.Nc1ccc(-c2ccn3c(-c4ccccc4)cnc3c2)cc1. The van der Waals surface area contributed by atoms with Crippen LogP contribution in [0.3, 0.4) is 0 Å². The van der Waals surface area contributed by atoms with Gasteiger partial charge in [-0.25, -0.2) is 24.9 Å². The molecule has 0 spiro atoms. The van der Waals surface area contributed by atoms with Crippen LogP contribution < -0.4 is 24.7 Å². The van der Waals surface area contributed by atoms with Gasteiger partial charge in [-0.3, -0.25) is 46.9 Å². The van der Waals surface area contributed by atoms with Gasteiger partial charge in [-0.05, 0) is 292 Å². The van der Waals surface area contributed by atoms with Crippen molar-refractivity contribution in [1.29, 1.82) is 0 Å². The maximum Gasteiger partial charge on any atom is 0.137 e. The molecule has 14 heterocycles. The van der Waals surface area contributed by atoms with Crippen molar-refractivity contribution in [2.75, 3.05) is 5.73 Å². The number of nitrogens with two attached hydrogens (primary N) is 1. The summed E-state index contributed by atoms with van der Waals surface area (Å²) in [6, 6.07) is 105. The molecule has 0 aliphatic carbocycles. The zero-order chi connectivity index (χ0) is 94.1. The van der Waals surface area contributed by atoms with Gasteiger partial charge < -0.3 is 24.7 Å². The second kappa shape index (κ2) is 39.6. The smallest absolute Gasteiger partial charge is 0.137 e. The fraction of sp³-hybridized carbons (Fsp3) is 0.102. The van der Waals surface area contributed by atoms with E-state index in [9.17, 15) is 0 Å². The molecule has 0 fully saturated rings. The molecule has 0 atom stereocenters. The number of hydrogen-bond donors (Lipinski definition) is 1. The second-order valence-corrected chi connectivity index (χ2v) is 34.7. The molecular formula is C118H98N16O4. The number of imidazole rings is 5. The number of hydrogen-bond acceptors (Lipinski definition) is 15. The zero-order valence-electron chi connectivity index (χ0n) is 77.5. The number of aromatic nitrogens is 15. The van der Waals surface area contributed by atoms with E-state index in [1.165, 1.54) is 10.8 Å². The highest BCUT2D eigenvalue weighted by molar-refractivity contribution is 5.90. The Morgan fingerprint density at radius 3 is 0.949 bits per heavy atom. The molecule has 0 saturated carbocycles. The van der Waals surface area contributed by atoms with E-state index in [0.717, 1.165) is 202 Å². The van der Waals surface area contributed by atoms with Crippen LogP contribution in [0.2, 0.25) is 0 Å². The van der Waals surface area contributed by atoms with E-state index in [1.807, 2.05) is 251 Å². The molecule has 10 aromatic carbocycles. The highest BCUT2D eigenvalue weighted by Crippen LogP contribution is 2.37. The summed E-state index contributed by atoms with van der Waals surface area (Å²) >= 11 is 0. The van der Waals surface area contributed by atoms with E-state index in [0.29, 0.717) is 0 Å². The van der Waals surface area contributed by atoms with Crippen LogP contribution in [-0.4, -0.2) is 96.3 Å². The van der Waals surface area contributed by atoms with Gasteiger partial charge in [-0.2, -0.15) is 0 Å². The van der Waals surface area contributed by atoms with Crippen LogP contribution in [0.4, 0.5) is 5.69 Å². The van der Waals surface area contributed by atoms with Gasteiger partial charge in [0, 0.05) is 124 Å². The van der Waals surface area contributed by atoms with Gasteiger partial charge >= 0.3 is 0 Å². The standard InChI is InChI=1S/3C25H21N3O.C24H20N4O.C19H15N3/c1-17(2)29-23-7-5-18(6-8-23)20-10-12-28-24(16-27-25(28)14-20)21-3-4-22-15-26-11-9-19(22)13-21;1-17(2)29-23-7-5-18(6-8-23)20-10-12-28-24(16-27-25(28)14-20)21-4-3-19-9-11-26-15-22(19)13-21;1-17(2)29-22-9-7-18(8-10-22)19-11-12-28-24(16-27-25(28)14-19)21-13-20-5-3-4-6-23(20)26-15-21;1-16(2)29-20-6-3-17(4-7-20)18-9-12-28-23(15-27-24(28)14-18)19-5-8-21-22(13-19)26-11-10-25-21;20-17-8-6-14(7-9-17)16-10-11-22-18(13-21-19(22)12-16)15-4-2-1-3-5-15/h3*3-17H,1-2H3;3-16H,1-2H3;1-13H,20H2. The Hall–Kier alpha value is -17.8. The first-order valence-corrected chi connectivity index (χ1v) is 46.1. The zero-order valence-corrected chi connectivity index (χ0v) is 77.5. The van der Waals surface area contributed by atoms with Gasteiger partial charge in [0.15, 0.2) is 0 Å². The lowest BCUT2D eigenvalue weighted by Gasteiger charge is -2.10. The number of ether oxygens (including phenoxy) is 4. The molecule has 0 radical (unpaired) electrons. The first-order valence-electron chi connectivity index (χ1n) is 46.1. The predicted octanol–water partition coefficient (Wildman–Crippen LogP) is 27.7. The summed E-state index contributed by atoms with van der Waals surface area (Å²) in [6.45, 7) is 16.2. The largest absolute Gasteiger partial charge is 0.491 e. The number of nitrogens with zero attached hydrogens (tertiary/aromatic N) is 15. The maximum absolute atomic E-state index is 5.75. The fourth-order valence-electron chi connectivity index (χ4n) is 17.0. The average Bonchev–Trinajstić information content (AvgIpc) is 1.63. The number of para-hydroxylation sites is 1. The molecule has 674 valence electrons. The van der Waals surface area contributed by atoms with E-state index in [1.54, 1.807) is 12.4 Å². The monoisotopic (exact) mass is 1800 g/mol. The first kappa shape index (κ1) is 88.2. The predicted molar refractivity (Wildman–Crippen MR) is 557 cm³/mol. The summed E-state index contributed by atoms with van der Waals surface area (Å²) in [5, 5.41) is 5.75. The number of pyridine rings is 8. The molecule has 0 unspecified atom stereocenters. The Kier molecular flexibility index (Phi) is 25.3. The van der Waals surface area contributed by atoms with Gasteiger partial charge in [-0.15, -0.1) is 0 Å². The van der Waals surface area contributed by atoms with Crippen LogP contribution in [0.5, 0.6) is 23.0 Å². The highest BCUT2D eigenvalue weighted by Gasteiger charge is 2.18. The molecule has 14 aromatic heterocycles. The van der Waals surface area contributed by atoms with Gasteiger partial charge in [0.05, 0.1) is 100 Å². The lowest BCUT2D eigenvalue weighted by atomic mass is 10.1. The minimum atomic E-state index is 0.168. The Morgan fingerprint density at radius 2 is 0.529 bits per heavy atom. The molecule has 0 aliphatic rings. The van der Waals surface area contributed by atoms with Gasteiger partial charge in [-0.1, -0.05) is 140 Å². The summed E-state index contributed by atoms with van der Waals surface area (Å²) in [7, 11) is 0. The Balaban J connectivity index is 0.000000107. The summed E-state index contributed by atoms with van der Waals surface area (Å²) in [6.07, 6.45) is 33.4. The molecule has 2 N–H and O–H groups in total. The van der Waals surface area contributed by atoms with E-state index < -0.39 is 0 Å². The molecule has 0 amide bonds. The molecule has 0 aliphatic heterocycles. The van der Waals surface area contributed by atoms with Crippen molar-refractivity contribution in [1.82, 2.24) is 71.8 Å². The second-order valence-electron chi connectivity index (χ2n) is 34.7. The van der Waals surface area contributed by atoms with Crippen molar-refractivity contribution in [3.8, 4) is 135 Å². The number of fused-ring (bicyclic) bond motifs is 9. The molecule has 24 rings (SSSR count). The van der Waals surface area contributed by atoms with Crippen LogP contribution >= 0.6 is 0 Å². The maximum atomic E-state index is 5.75. The molecule has 0 bridgehead atoms. The molecule has 0 saturated heterocycles. The lowest BCUT2D eigenvalue weighted by molar-refractivity contribution is 0.242. The number of rotatable bonds is 18. The highest BCUT2D eigenvalue weighted by atomic mass is 16.5. The minimum Gasteiger partial charge on any atom is -0.491 e. The van der Waals surface area contributed by atoms with Crippen LogP contribution in [0, 0.1) is 0 Å². The number of nitrogen functional groups attached to an aromatic ring is 1. The Bertz CT molecular complexity index is 7590. The van der Waals surface area contributed by atoms with Crippen molar-refractivity contribution in [3.05, 3.63) is 415 Å². The van der Waals surface area contributed by atoms with Crippen molar-refractivity contribution in [2.24, 2.45) is 0 Å². The van der Waals surface area contributed by atoms with Crippen LogP contribution in [0.15, 0.2) is 415 Å². The van der Waals surface area contributed by atoms with Gasteiger partial charge in [0.1, 0.15) is 51.2 Å². The van der Waals surface area contributed by atoms with E-state index in [2.05, 4.69) is 279 Å².